The summed E-state index contributed by atoms with van der Waals surface area (Å²) in [6.07, 6.45) is -4.42. The second-order valence-corrected chi connectivity index (χ2v) is 7.36. The van der Waals surface area contributed by atoms with Crippen LogP contribution in [0.25, 0.3) is 0 Å². The molecule has 4 heteroatoms. The summed E-state index contributed by atoms with van der Waals surface area (Å²) < 4.78 is 38.6. The Balaban J connectivity index is 3.47. The third-order valence-electron chi connectivity index (χ3n) is 3.40. The van der Waals surface area contributed by atoms with Crippen LogP contribution in [0.5, 0.6) is 0 Å². The van der Waals surface area contributed by atoms with Gasteiger partial charge in [-0.05, 0) is 27.5 Å². The smallest absolute Gasteiger partial charge is 0.316 e. The molecule has 1 atom stereocenters. The highest BCUT2D eigenvalue weighted by Gasteiger charge is 2.38. The Bertz CT molecular complexity index is 444. The van der Waals surface area contributed by atoms with E-state index in [4.69, 9.17) is 5.73 Å². The second kappa shape index (κ2) is 5.06. The molecular formula is C16H24F3N. The first-order valence-corrected chi connectivity index (χ1v) is 6.71. The van der Waals surface area contributed by atoms with Crippen molar-refractivity contribution in [3.63, 3.8) is 0 Å². The molecule has 20 heavy (non-hydrogen) atoms. The van der Waals surface area contributed by atoms with Crippen LogP contribution in [-0.4, -0.2) is 6.18 Å². The SMILES string of the molecule is CC(C)(C)c1cc([C@@H](N)C(F)(F)F)cc(C(C)(C)C)c1. The Morgan fingerprint density at radius 3 is 1.40 bits per heavy atom. The van der Waals surface area contributed by atoms with E-state index in [1.165, 1.54) is 0 Å². The number of benzene rings is 1. The van der Waals surface area contributed by atoms with E-state index >= 15 is 0 Å². The third-order valence-corrected chi connectivity index (χ3v) is 3.40. The Labute approximate surface area is 119 Å². The average molecular weight is 287 g/mol. The molecule has 1 aromatic carbocycles. The van der Waals surface area contributed by atoms with Crippen LogP contribution in [0, 0.1) is 0 Å². The molecule has 0 radical (unpaired) electrons. The number of hydrogen-bond acceptors (Lipinski definition) is 1. The molecule has 0 fully saturated rings. The molecule has 0 aliphatic carbocycles. The van der Waals surface area contributed by atoms with Crippen molar-refractivity contribution in [1.29, 1.82) is 0 Å². The number of rotatable bonds is 1. The fourth-order valence-electron chi connectivity index (χ4n) is 1.89. The Morgan fingerprint density at radius 2 is 1.15 bits per heavy atom. The monoisotopic (exact) mass is 287 g/mol. The summed E-state index contributed by atoms with van der Waals surface area (Å²) in [6.45, 7) is 11.9. The summed E-state index contributed by atoms with van der Waals surface area (Å²) in [7, 11) is 0. The summed E-state index contributed by atoms with van der Waals surface area (Å²) in [5.74, 6) is 0. The van der Waals surface area contributed by atoms with Crippen LogP contribution in [0.1, 0.15) is 64.3 Å². The van der Waals surface area contributed by atoms with Crippen LogP contribution in [0.3, 0.4) is 0 Å². The van der Waals surface area contributed by atoms with Crippen molar-refractivity contribution in [2.45, 2.75) is 64.6 Å². The fraction of sp³-hybridized carbons (Fsp3) is 0.625. The zero-order chi connectivity index (χ0) is 15.9. The molecule has 0 unspecified atom stereocenters. The van der Waals surface area contributed by atoms with Gasteiger partial charge in [-0.3, -0.25) is 0 Å². The molecule has 114 valence electrons. The number of halogens is 3. The largest absolute Gasteiger partial charge is 0.407 e. The number of nitrogens with two attached hydrogens (primary N) is 1. The minimum absolute atomic E-state index is 0.134. The third kappa shape index (κ3) is 3.98. The standard InChI is InChI=1S/C16H24F3N/c1-14(2,3)11-7-10(13(20)16(17,18)19)8-12(9-11)15(4,5)6/h7-9,13H,20H2,1-6H3/t13-/m1/s1. The van der Waals surface area contributed by atoms with Gasteiger partial charge in [0.1, 0.15) is 6.04 Å². The molecule has 0 bridgehead atoms. The summed E-state index contributed by atoms with van der Waals surface area (Å²) in [5.41, 5.74) is 6.81. The molecule has 1 rings (SSSR count). The van der Waals surface area contributed by atoms with E-state index in [2.05, 4.69) is 0 Å². The first-order chi connectivity index (χ1) is 8.73. The van der Waals surface area contributed by atoms with Crippen molar-refractivity contribution in [1.82, 2.24) is 0 Å². The van der Waals surface area contributed by atoms with Crippen LogP contribution in [-0.2, 0) is 10.8 Å². The van der Waals surface area contributed by atoms with Crippen molar-refractivity contribution in [2.75, 3.05) is 0 Å². The van der Waals surface area contributed by atoms with Gasteiger partial charge in [0, 0.05) is 0 Å². The van der Waals surface area contributed by atoms with Gasteiger partial charge >= 0.3 is 6.18 Å². The first-order valence-electron chi connectivity index (χ1n) is 6.71. The summed E-state index contributed by atoms with van der Waals surface area (Å²) in [6, 6.07) is 3.19. The van der Waals surface area contributed by atoms with Gasteiger partial charge in [-0.15, -0.1) is 0 Å². The lowest BCUT2D eigenvalue weighted by atomic mass is 9.79. The minimum Gasteiger partial charge on any atom is -0.316 e. The highest BCUT2D eigenvalue weighted by molar-refractivity contribution is 5.39. The Morgan fingerprint density at radius 1 is 0.800 bits per heavy atom. The van der Waals surface area contributed by atoms with E-state index in [0.717, 1.165) is 11.1 Å². The zero-order valence-corrected chi connectivity index (χ0v) is 13.0. The molecule has 0 amide bonds. The van der Waals surface area contributed by atoms with Crippen molar-refractivity contribution in [2.24, 2.45) is 5.73 Å². The fourth-order valence-corrected chi connectivity index (χ4v) is 1.89. The Hall–Kier alpha value is -1.03. The molecule has 0 heterocycles. The second-order valence-electron chi connectivity index (χ2n) is 7.36. The predicted octanol–water partition coefficient (Wildman–Crippen LogP) is 4.84. The summed E-state index contributed by atoms with van der Waals surface area (Å²) >= 11 is 0. The molecule has 2 N–H and O–H groups in total. The maximum atomic E-state index is 12.9. The molecule has 0 saturated heterocycles. The lowest BCUT2D eigenvalue weighted by Crippen LogP contribution is -2.29. The van der Waals surface area contributed by atoms with Crippen molar-refractivity contribution in [3.8, 4) is 0 Å². The lowest BCUT2D eigenvalue weighted by molar-refractivity contribution is -0.149. The summed E-state index contributed by atoms with van der Waals surface area (Å²) in [4.78, 5) is 0. The van der Waals surface area contributed by atoms with Gasteiger partial charge in [0.15, 0.2) is 0 Å². The van der Waals surface area contributed by atoms with E-state index in [9.17, 15) is 13.2 Å². The van der Waals surface area contributed by atoms with Crippen molar-refractivity contribution >= 4 is 0 Å². The number of hydrogen-bond donors (Lipinski definition) is 1. The van der Waals surface area contributed by atoms with Crippen LogP contribution in [0.15, 0.2) is 18.2 Å². The molecule has 0 aliphatic heterocycles. The van der Waals surface area contributed by atoms with E-state index in [0.29, 0.717) is 0 Å². The molecule has 1 nitrogen and oxygen atoms in total. The summed E-state index contributed by atoms with van der Waals surface area (Å²) in [5, 5.41) is 0. The van der Waals surface area contributed by atoms with Gasteiger partial charge in [0.25, 0.3) is 0 Å². The van der Waals surface area contributed by atoms with Crippen LogP contribution >= 0.6 is 0 Å². The molecule has 1 aromatic rings. The van der Waals surface area contributed by atoms with Crippen molar-refractivity contribution in [3.05, 3.63) is 34.9 Å². The predicted molar refractivity (Wildman–Crippen MR) is 76.8 cm³/mol. The van der Waals surface area contributed by atoms with Crippen molar-refractivity contribution < 1.29 is 13.2 Å². The quantitative estimate of drug-likeness (QED) is 0.785. The topological polar surface area (TPSA) is 26.0 Å². The maximum Gasteiger partial charge on any atom is 0.407 e. The highest BCUT2D eigenvalue weighted by Crippen LogP contribution is 2.36. The normalized spacial score (nSPS) is 15.3. The molecule has 0 aromatic heterocycles. The highest BCUT2D eigenvalue weighted by atomic mass is 19.4. The molecule has 0 aliphatic rings. The molecular weight excluding hydrogens is 263 g/mol. The zero-order valence-electron chi connectivity index (χ0n) is 13.0. The van der Waals surface area contributed by atoms with Gasteiger partial charge in [0.2, 0.25) is 0 Å². The Kier molecular flexibility index (Phi) is 4.31. The lowest BCUT2D eigenvalue weighted by Gasteiger charge is -2.28. The van der Waals surface area contributed by atoms with E-state index in [1.807, 2.05) is 47.6 Å². The van der Waals surface area contributed by atoms with Gasteiger partial charge in [-0.1, -0.05) is 59.7 Å². The van der Waals surface area contributed by atoms with Crippen LogP contribution in [0.2, 0.25) is 0 Å². The molecule has 0 saturated carbocycles. The number of alkyl halides is 3. The van der Waals surface area contributed by atoms with E-state index < -0.39 is 12.2 Å². The van der Waals surface area contributed by atoms with Crippen LogP contribution < -0.4 is 5.73 Å². The van der Waals surface area contributed by atoms with Crippen LogP contribution in [0.4, 0.5) is 13.2 Å². The van der Waals surface area contributed by atoms with Gasteiger partial charge < -0.3 is 5.73 Å². The van der Waals surface area contributed by atoms with Gasteiger partial charge in [-0.2, -0.15) is 13.2 Å². The minimum atomic E-state index is -4.42. The van der Waals surface area contributed by atoms with Gasteiger partial charge in [0.05, 0.1) is 0 Å². The maximum absolute atomic E-state index is 12.9. The average Bonchev–Trinajstić information content (AvgIpc) is 2.23. The van der Waals surface area contributed by atoms with Gasteiger partial charge in [-0.25, -0.2) is 0 Å². The van der Waals surface area contributed by atoms with E-state index in [1.54, 1.807) is 12.1 Å². The first kappa shape index (κ1) is 17.0. The van der Waals surface area contributed by atoms with E-state index in [-0.39, 0.29) is 16.4 Å². The molecule has 0 spiro atoms.